The van der Waals surface area contributed by atoms with Gasteiger partial charge in [0.25, 0.3) is 0 Å². The van der Waals surface area contributed by atoms with Crippen LogP contribution in [-0.4, -0.2) is 9.78 Å². The highest BCUT2D eigenvalue weighted by atomic mass is 35.5. The van der Waals surface area contributed by atoms with Crippen molar-refractivity contribution >= 4 is 23.1 Å². The van der Waals surface area contributed by atoms with E-state index in [-0.39, 0.29) is 0 Å². The predicted octanol–water partition coefficient (Wildman–Crippen LogP) is 5.94. The van der Waals surface area contributed by atoms with Crippen molar-refractivity contribution in [2.75, 3.05) is 5.32 Å². The van der Waals surface area contributed by atoms with Crippen molar-refractivity contribution in [2.24, 2.45) is 0 Å². The highest BCUT2D eigenvalue weighted by molar-refractivity contribution is 6.30. The van der Waals surface area contributed by atoms with E-state index < -0.39 is 0 Å². The molecule has 0 aliphatic heterocycles. The van der Waals surface area contributed by atoms with Gasteiger partial charge in [-0.25, -0.2) is 4.68 Å². The summed E-state index contributed by atoms with van der Waals surface area (Å²) < 4.78 is 1.94. The molecule has 0 aliphatic rings. The van der Waals surface area contributed by atoms with Gasteiger partial charge in [-0.3, -0.25) is 0 Å². The molecule has 1 N–H and O–H groups in total. The molecule has 0 spiro atoms. The normalized spacial score (nSPS) is 10.6. The Kier molecular flexibility index (Phi) is 4.23. The number of aromatic nitrogens is 2. The number of nitrogens with zero attached hydrogens (tertiary/aromatic N) is 2. The number of hydrogen-bond acceptors (Lipinski definition) is 2. The minimum absolute atomic E-state index is 0.720. The molecule has 0 atom stereocenters. The van der Waals surface area contributed by atoms with Gasteiger partial charge in [0.15, 0.2) is 5.82 Å². The van der Waals surface area contributed by atoms with E-state index in [9.17, 15) is 0 Å². The van der Waals surface area contributed by atoms with Crippen molar-refractivity contribution in [1.82, 2.24) is 9.78 Å². The zero-order chi connectivity index (χ0) is 17.1. The van der Waals surface area contributed by atoms with Crippen LogP contribution < -0.4 is 5.32 Å². The molecule has 25 heavy (non-hydrogen) atoms. The fraction of sp³-hybridized carbons (Fsp3) is 0. The van der Waals surface area contributed by atoms with Gasteiger partial charge in [0, 0.05) is 22.3 Å². The summed E-state index contributed by atoms with van der Waals surface area (Å²) in [6, 6.07) is 30.0. The molecule has 4 rings (SSSR count). The molecule has 3 nitrogen and oxygen atoms in total. The Morgan fingerprint density at radius 1 is 0.760 bits per heavy atom. The van der Waals surface area contributed by atoms with Crippen LogP contribution in [0.25, 0.3) is 16.9 Å². The average Bonchev–Trinajstić information content (AvgIpc) is 3.08. The third-order valence-corrected chi connectivity index (χ3v) is 4.15. The number of nitrogens with one attached hydrogen (secondary N) is 1. The maximum Gasteiger partial charge on any atom is 0.153 e. The molecule has 4 aromatic rings. The van der Waals surface area contributed by atoms with Crippen LogP contribution in [0.5, 0.6) is 0 Å². The number of hydrogen-bond donors (Lipinski definition) is 1. The summed E-state index contributed by atoms with van der Waals surface area (Å²) >= 11 is 6.03. The molecule has 122 valence electrons. The maximum atomic E-state index is 6.03. The van der Waals surface area contributed by atoms with E-state index >= 15 is 0 Å². The van der Waals surface area contributed by atoms with Gasteiger partial charge in [-0.15, -0.1) is 5.10 Å². The van der Waals surface area contributed by atoms with Gasteiger partial charge in [-0.05, 0) is 36.4 Å². The van der Waals surface area contributed by atoms with E-state index in [1.807, 2.05) is 95.7 Å². The van der Waals surface area contributed by atoms with E-state index in [0.717, 1.165) is 33.5 Å². The molecule has 3 aromatic carbocycles. The Bertz CT molecular complexity index is 961. The first-order valence-corrected chi connectivity index (χ1v) is 8.41. The lowest BCUT2D eigenvalue weighted by Gasteiger charge is -2.07. The fourth-order valence-corrected chi connectivity index (χ4v) is 2.83. The second-order valence-corrected chi connectivity index (χ2v) is 6.10. The minimum Gasteiger partial charge on any atom is -0.339 e. The van der Waals surface area contributed by atoms with Gasteiger partial charge < -0.3 is 5.32 Å². The lowest BCUT2D eigenvalue weighted by atomic mass is 10.1. The number of benzene rings is 3. The molecule has 1 aromatic heterocycles. The van der Waals surface area contributed by atoms with Crippen LogP contribution in [-0.2, 0) is 0 Å². The standard InChI is InChI=1S/C21H16ClN3/c22-17-13-11-16(12-14-17)20-15-21(23-18-7-3-1-4-8-18)24-25(20)19-9-5-2-6-10-19/h1-15H,(H,23,24). The molecule has 1 heterocycles. The monoisotopic (exact) mass is 345 g/mol. The first kappa shape index (κ1) is 15.5. The lowest BCUT2D eigenvalue weighted by Crippen LogP contribution is -1.99. The molecule has 0 fully saturated rings. The van der Waals surface area contributed by atoms with E-state index in [2.05, 4.69) is 5.32 Å². The second kappa shape index (κ2) is 6.83. The van der Waals surface area contributed by atoms with Crippen LogP contribution in [0, 0.1) is 0 Å². The summed E-state index contributed by atoms with van der Waals surface area (Å²) in [5, 5.41) is 8.82. The topological polar surface area (TPSA) is 29.9 Å². The van der Waals surface area contributed by atoms with Gasteiger partial charge in [0.1, 0.15) is 0 Å². The predicted molar refractivity (Wildman–Crippen MR) is 104 cm³/mol. The summed E-state index contributed by atoms with van der Waals surface area (Å²) in [5.74, 6) is 0.792. The van der Waals surface area contributed by atoms with Crippen molar-refractivity contribution in [3.8, 4) is 16.9 Å². The zero-order valence-electron chi connectivity index (χ0n) is 13.4. The molecule has 0 aliphatic carbocycles. The zero-order valence-corrected chi connectivity index (χ0v) is 14.2. The van der Waals surface area contributed by atoms with Gasteiger partial charge in [-0.1, -0.05) is 60.1 Å². The average molecular weight is 346 g/mol. The van der Waals surface area contributed by atoms with Crippen LogP contribution in [0.2, 0.25) is 5.02 Å². The lowest BCUT2D eigenvalue weighted by molar-refractivity contribution is 0.892. The van der Waals surface area contributed by atoms with Crippen LogP contribution in [0.1, 0.15) is 0 Å². The Morgan fingerprint density at radius 3 is 2.08 bits per heavy atom. The number of halogens is 1. The molecule has 0 amide bonds. The molecule has 0 bridgehead atoms. The molecular weight excluding hydrogens is 330 g/mol. The van der Waals surface area contributed by atoms with Crippen LogP contribution >= 0.6 is 11.6 Å². The van der Waals surface area contributed by atoms with Crippen LogP contribution in [0.3, 0.4) is 0 Å². The van der Waals surface area contributed by atoms with Crippen molar-refractivity contribution in [3.63, 3.8) is 0 Å². The highest BCUT2D eigenvalue weighted by Crippen LogP contribution is 2.28. The van der Waals surface area contributed by atoms with Crippen molar-refractivity contribution in [2.45, 2.75) is 0 Å². The second-order valence-electron chi connectivity index (χ2n) is 5.66. The van der Waals surface area contributed by atoms with E-state index in [4.69, 9.17) is 16.7 Å². The minimum atomic E-state index is 0.720. The van der Waals surface area contributed by atoms with Crippen LogP contribution in [0.15, 0.2) is 91.0 Å². The van der Waals surface area contributed by atoms with Gasteiger partial charge >= 0.3 is 0 Å². The van der Waals surface area contributed by atoms with Gasteiger partial charge in [0.05, 0.1) is 11.4 Å². The molecular formula is C21H16ClN3. The van der Waals surface area contributed by atoms with E-state index in [0.29, 0.717) is 0 Å². The van der Waals surface area contributed by atoms with Crippen molar-refractivity contribution in [3.05, 3.63) is 96.0 Å². The first-order chi connectivity index (χ1) is 12.3. The maximum absolute atomic E-state index is 6.03. The van der Waals surface area contributed by atoms with Crippen molar-refractivity contribution < 1.29 is 0 Å². The Balaban J connectivity index is 1.79. The molecule has 0 radical (unpaired) electrons. The fourth-order valence-electron chi connectivity index (χ4n) is 2.70. The summed E-state index contributed by atoms with van der Waals surface area (Å²) in [5.41, 5.74) is 4.07. The summed E-state index contributed by atoms with van der Waals surface area (Å²) in [6.45, 7) is 0. The summed E-state index contributed by atoms with van der Waals surface area (Å²) in [4.78, 5) is 0. The quantitative estimate of drug-likeness (QED) is 0.496. The largest absolute Gasteiger partial charge is 0.339 e. The molecule has 4 heteroatoms. The highest BCUT2D eigenvalue weighted by Gasteiger charge is 2.12. The third-order valence-electron chi connectivity index (χ3n) is 3.90. The number of anilines is 2. The SMILES string of the molecule is Clc1ccc(-c2cc(Nc3ccccc3)nn2-c2ccccc2)cc1. The summed E-state index contributed by atoms with van der Waals surface area (Å²) in [7, 11) is 0. The van der Waals surface area contributed by atoms with Gasteiger partial charge in [0.2, 0.25) is 0 Å². The molecule has 0 saturated carbocycles. The van der Waals surface area contributed by atoms with Crippen LogP contribution in [0.4, 0.5) is 11.5 Å². The molecule has 0 unspecified atom stereocenters. The van der Waals surface area contributed by atoms with Gasteiger partial charge in [-0.2, -0.15) is 0 Å². The van der Waals surface area contributed by atoms with E-state index in [1.54, 1.807) is 0 Å². The van der Waals surface area contributed by atoms with E-state index in [1.165, 1.54) is 0 Å². The molecule has 0 saturated heterocycles. The Labute approximate surface area is 151 Å². The smallest absolute Gasteiger partial charge is 0.153 e. The summed E-state index contributed by atoms with van der Waals surface area (Å²) in [6.07, 6.45) is 0. The first-order valence-electron chi connectivity index (χ1n) is 8.03. The number of para-hydroxylation sites is 2. The number of rotatable bonds is 4. The Hall–Kier alpha value is -3.04. The third kappa shape index (κ3) is 3.42. The Morgan fingerprint density at radius 2 is 1.40 bits per heavy atom. The van der Waals surface area contributed by atoms with Crippen molar-refractivity contribution in [1.29, 1.82) is 0 Å².